The van der Waals surface area contributed by atoms with Gasteiger partial charge < -0.3 is 9.52 Å². The standard InChI is InChI=1S/C8H10N2O3/c1-6(11)8(12)10-9-5-7-3-2-4-13-7/h2-6,11H,1H3,(H,10,12)/b9-5-/t6-/m1/s1. The van der Waals surface area contributed by atoms with Crippen LogP contribution in [0.5, 0.6) is 0 Å². The van der Waals surface area contributed by atoms with Gasteiger partial charge >= 0.3 is 0 Å². The van der Waals surface area contributed by atoms with E-state index in [0.29, 0.717) is 5.76 Å². The Morgan fingerprint density at radius 2 is 2.62 bits per heavy atom. The molecule has 0 aliphatic rings. The van der Waals surface area contributed by atoms with Gasteiger partial charge in [0.25, 0.3) is 5.91 Å². The highest BCUT2D eigenvalue weighted by atomic mass is 16.3. The van der Waals surface area contributed by atoms with Crippen molar-refractivity contribution in [3.05, 3.63) is 24.2 Å². The number of carbonyl (C=O) groups is 1. The third kappa shape index (κ3) is 3.08. The van der Waals surface area contributed by atoms with Crippen LogP contribution >= 0.6 is 0 Å². The third-order valence-corrected chi connectivity index (χ3v) is 1.29. The monoisotopic (exact) mass is 182 g/mol. The lowest BCUT2D eigenvalue weighted by molar-refractivity contribution is -0.128. The Morgan fingerprint density at radius 3 is 3.15 bits per heavy atom. The molecule has 0 fully saturated rings. The second kappa shape index (κ2) is 4.42. The highest BCUT2D eigenvalue weighted by Gasteiger charge is 2.05. The van der Waals surface area contributed by atoms with Crippen LogP contribution < -0.4 is 5.43 Å². The van der Waals surface area contributed by atoms with E-state index >= 15 is 0 Å². The van der Waals surface area contributed by atoms with Crippen molar-refractivity contribution in [2.24, 2.45) is 5.10 Å². The molecule has 1 heterocycles. The van der Waals surface area contributed by atoms with Crippen LogP contribution in [0, 0.1) is 0 Å². The van der Waals surface area contributed by atoms with E-state index in [1.54, 1.807) is 12.1 Å². The van der Waals surface area contributed by atoms with Crippen molar-refractivity contribution in [1.29, 1.82) is 0 Å². The number of nitrogens with zero attached hydrogens (tertiary/aromatic N) is 1. The summed E-state index contributed by atoms with van der Waals surface area (Å²) >= 11 is 0. The van der Waals surface area contributed by atoms with Crippen LogP contribution in [0.4, 0.5) is 0 Å². The van der Waals surface area contributed by atoms with Crippen molar-refractivity contribution in [2.75, 3.05) is 0 Å². The first-order valence-electron chi connectivity index (χ1n) is 3.74. The van der Waals surface area contributed by atoms with Gasteiger partial charge in [-0.25, -0.2) is 5.43 Å². The molecule has 0 aliphatic carbocycles. The zero-order valence-electron chi connectivity index (χ0n) is 7.10. The second-order valence-electron chi connectivity index (χ2n) is 2.43. The van der Waals surface area contributed by atoms with Crippen molar-refractivity contribution < 1.29 is 14.3 Å². The van der Waals surface area contributed by atoms with Gasteiger partial charge in [-0.15, -0.1) is 0 Å². The van der Waals surface area contributed by atoms with Gasteiger partial charge in [0.1, 0.15) is 11.9 Å². The van der Waals surface area contributed by atoms with Gasteiger partial charge in [0.15, 0.2) is 0 Å². The van der Waals surface area contributed by atoms with E-state index < -0.39 is 12.0 Å². The van der Waals surface area contributed by atoms with Crippen LogP contribution in [0.3, 0.4) is 0 Å². The van der Waals surface area contributed by atoms with Crippen molar-refractivity contribution in [2.45, 2.75) is 13.0 Å². The van der Waals surface area contributed by atoms with Gasteiger partial charge in [0.05, 0.1) is 12.5 Å². The number of hydrogen-bond donors (Lipinski definition) is 2. The molecule has 0 bridgehead atoms. The Hall–Kier alpha value is -1.62. The van der Waals surface area contributed by atoms with Crippen molar-refractivity contribution >= 4 is 12.1 Å². The van der Waals surface area contributed by atoms with E-state index in [-0.39, 0.29) is 0 Å². The van der Waals surface area contributed by atoms with Crippen molar-refractivity contribution in [1.82, 2.24) is 5.43 Å². The van der Waals surface area contributed by atoms with E-state index in [4.69, 9.17) is 9.52 Å². The minimum Gasteiger partial charge on any atom is -0.463 e. The number of carbonyl (C=O) groups excluding carboxylic acids is 1. The molecule has 0 spiro atoms. The molecule has 1 aromatic rings. The zero-order valence-corrected chi connectivity index (χ0v) is 7.10. The molecule has 0 aliphatic heterocycles. The lowest BCUT2D eigenvalue weighted by Gasteiger charge is -1.99. The lowest BCUT2D eigenvalue weighted by Crippen LogP contribution is -2.28. The predicted octanol–water partition coefficient (Wildman–Crippen LogP) is 0.110. The molecule has 0 saturated carbocycles. The highest BCUT2D eigenvalue weighted by molar-refractivity contribution is 5.82. The maximum absolute atomic E-state index is 10.8. The minimum atomic E-state index is -1.06. The molecule has 70 valence electrons. The predicted molar refractivity (Wildman–Crippen MR) is 46.1 cm³/mol. The summed E-state index contributed by atoms with van der Waals surface area (Å²) in [5.41, 5.74) is 2.14. The maximum atomic E-state index is 10.8. The molecular formula is C8H10N2O3. The Labute approximate surface area is 75.1 Å². The number of hydrazone groups is 1. The first kappa shape index (κ1) is 9.47. The van der Waals surface area contributed by atoms with E-state index in [2.05, 4.69) is 10.5 Å². The van der Waals surface area contributed by atoms with E-state index in [0.717, 1.165) is 0 Å². The smallest absolute Gasteiger partial charge is 0.268 e. The zero-order chi connectivity index (χ0) is 9.68. The van der Waals surface area contributed by atoms with E-state index in [9.17, 15) is 4.79 Å². The average Bonchev–Trinajstić information content (AvgIpc) is 2.56. The van der Waals surface area contributed by atoms with Crippen LogP contribution in [0.15, 0.2) is 27.9 Å². The first-order valence-corrected chi connectivity index (χ1v) is 3.74. The molecule has 1 amide bonds. The highest BCUT2D eigenvalue weighted by Crippen LogP contribution is 1.94. The second-order valence-corrected chi connectivity index (χ2v) is 2.43. The van der Waals surface area contributed by atoms with Gasteiger partial charge in [0.2, 0.25) is 0 Å². The summed E-state index contributed by atoms with van der Waals surface area (Å²) in [5.74, 6) is -0.0197. The summed E-state index contributed by atoms with van der Waals surface area (Å²) in [6.45, 7) is 1.36. The van der Waals surface area contributed by atoms with Gasteiger partial charge in [0, 0.05) is 0 Å². The minimum absolute atomic E-state index is 0.533. The average molecular weight is 182 g/mol. The van der Waals surface area contributed by atoms with Crippen LogP contribution in [-0.4, -0.2) is 23.3 Å². The number of hydrogen-bond acceptors (Lipinski definition) is 4. The molecule has 0 unspecified atom stereocenters. The Bertz CT molecular complexity index is 290. The molecule has 5 heteroatoms. The Balaban J connectivity index is 2.39. The number of furan rings is 1. The number of nitrogens with one attached hydrogen (secondary N) is 1. The van der Waals surface area contributed by atoms with Crippen molar-refractivity contribution in [3.8, 4) is 0 Å². The fourth-order valence-corrected chi connectivity index (χ4v) is 0.618. The normalized spacial score (nSPS) is 13.1. The first-order chi connectivity index (χ1) is 6.20. The largest absolute Gasteiger partial charge is 0.463 e. The number of rotatable bonds is 3. The summed E-state index contributed by atoms with van der Waals surface area (Å²) in [6.07, 6.45) is 1.78. The quantitative estimate of drug-likeness (QED) is 0.514. The maximum Gasteiger partial charge on any atom is 0.268 e. The van der Waals surface area contributed by atoms with Gasteiger partial charge in [-0.1, -0.05) is 0 Å². The van der Waals surface area contributed by atoms with Crippen LogP contribution in [0.1, 0.15) is 12.7 Å². The van der Waals surface area contributed by atoms with E-state index in [1.165, 1.54) is 19.4 Å². The molecule has 2 N–H and O–H groups in total. The Morgan fingerprint density at radius 1 is 1.85 bits per heavy atom. The van der Waals surface area contributed by atoms with Crippen LogP contribution in [-0.2, 0) is 4.79 Å². The summed E-state index contributed by atoms with van der Waals surface area (Å²) in [4.78, 5) is 10.8. The van der Waals surface area contributed by atoms with Crippen LogP contribution in [0.25, 0.3) is 0 Å². The Kier molecular flexibility index (Phi) is 3.22. The number of amides is 1. The van der Waals surface area contributed by atoms with Gasteiger partial charge in [-0.2, -0.15) is 5.10 Å². The van der Waals surface area contributed by atoms with Gasteiger partial charge in [-0.05, 0) is 19.1 Å². The molecule has 1 aromatic heterocycles. The number of aliphatic hydroxyl groups is 1. The summed E-state index contributed by atoms with van der Waals surface area (Å²) in [7, 11) is 0. The van der Waals surface area contributed by atoms with Crippen molar-refractivity contribution in [3.63, 3.8) is 0 Å². The molecule has 0 radical (unpaired) electrons. The fourth-order valence-electron chi connectivity index (χ4n) is 0.618. The SMILES string of the molecule is C[C@@H](O)C(=O)N/N=C\c1ccco1. The topological polar surface area (TPSA) is 74.8 Å². The molecule has 5 nitrogen and oxygen atoms in total. The molecule has 0 aromatic carbocycles. The molecule has 0 saturated heterocycles. The molecule has 1 rings (SSSR count). The summed E-state index contributed by atoms with van der Waals surface area (Å²) < 4.78 is 4.91. The molecular weight excluding hydrogens is 172 g/mol. The summed E-state index contributed by atoms with van der Waals surface area (Å²) in [5, 5.41) is 12.3. The third-order valence-electron chi connectivity index (χ3n) is 1.29. The van der Waals surface area contributed by atoms with E-state index in [1.807, 2.05) is 0 Å². The van der Waals surface area contributed by atoms with Gasteiger partial charge in [-0.3, -0.25) is 4.79 Å². The fraction of sp³-hybridized carbons (Fsp3) is 0.250. The summed E-state index contributed by atoms with van der Waals surface area (Å²) in [6, 6.07) is 3.40. The van der Waals surface area contributed by atoms with Crippen LogP contribution in [0.2, 0.25) is 0 Å². The molecule has 13 heavy (non-hydrogen) atoms. The lowest BCUT2D eigenvalue weighted by atomic mass is 10.4. The molecule has 1 atom stereocenters. The number of aliphatic hydroxyl groups excluding tert-OH is 1.